The maximum atomic E-state index is 3.80. The summed E-state index contributed by atoms with van der Waals surface area (Å²) in [4.78, 5) is 2.70. The average Bonchev–Trinajstić information content (AvgIpc) is 2.45. The number of rotatable bonds is 4. The van der Waals surface area contributed by atoms with Crippen LogP contribution in [0.5, 0.6) is 0 Å². The molecular weight excluding hydrogens is 256 g/mol. The zero-order chi connectivity index (χ0) is 15.5. The first-order valence-electron chi connectivity index (χ1n) is 8.39. The molecule has 0 aromatic heterocycles. The van der Waals surface area contributed by atoms with Crippen molar-refractivity contribution < 1.29 is 0 Å². The molecule has 1 aromatic rings. The van der Waals surface area contributed by atoms with Crippen LogP contribution in [0.15, 0.2) is 30.3 Å². The minimum atomic E-state index is 0.0742. The van der Waals surface area contributed by atoms with Crippen LogP contribution in [0.1, 0.15) is 53.0 Å². The molecule has 1 aromatic carbocycles. The molecule has 1 N–H and O–H groups in total. The highest BCUT2D eigenvalue weighted by Gasteiger charge is 2.36. The van der Waals surface area contributed by atoms with Crippen LogP contribution >= 0.6 is 0 Å². The van der Waals surface area contributed by atoms with Crippen molar-refractivity contribution in [2.24, 2.45) is 5.41 Å². The molecule has 1 heterocycles. The van der Waals surface area contributed by atoms with E-state index in [1.165, 1.54) is 24.9 Å². The van der Waals surface area contributed by atoms with Crippen molar-refractivity contribution in [3.05, 3.63) is 35.9 Å². The molecule has 1 saturated heterocycles. The standard InChI is InChI=1S/C19H32N2/c1-6-17-14-20-19(5,16-10-8-7-9-11-16)15-21(17)13-12-18(2,3)4/h7-11,17,20H,6,12-15H2,1-5H3. The third-order valence-electron chi connectivity index (χ3n) is 4.79. The lowest BCUT2D eigenvalue weighted by atomic mass is 9.86. The van der Waals surface area contributed by atoms with Gasteiger partial charge in [0, 0.05) is 19.1 Å². The van der Waals surface area contributed by atoms with Crippen LogP contribution in [-0.2, 0) is 5.54 Å². The van der Waals surface area contributed by atoms with Gasteiger partial charge < -0.3 is 5.32 Å². The van der Waals surface area contributed by atoms with Gasteiger partial charge in [-0.3, -0.25) is 4.90 Å². The zero-order valence-corrected chi connectivity index (χ0v) is 14.4. The van der Waals surface area contributed by atoms with E-state index >= 15 is 0 Å². The first-order chi connectivity index (χ1) is 9.84. The largest absolute Gasteiger partial charge is 0.305 e. The van der Waals surface area contributed by atoms with Crippen LogP contribution in [0, 0.1) is 5.41 Å². The van der Waals surface area contributed by atoms with E-state index in [0.717, 1.165) is 13.1 Å². The van der Waals surface area contributed by atoms with Crippen LogP contribution in [0.4, 0.5) is 0 Å². The summed E-state index contributed by atoms with van der Waals surface area (Å²) in [7, 11) is 0. The number of hydrogen-bond acceptors (Lipinski definition) is 2. The van der Waals surface area contributed by atoms with E-state index in [0.29, 0.717) is 11.5 Å². The van der Waals surface area contributed by atoms with Crippen molar-refractivity contribution in [2.75, 3.05) is 19.6 Å². The number of piperazine rings is 1. The van der Waals surface area contributed by atoms with Gasteiger partial charge in [-0.05, 0) is 37.3 Å². The normalized spacial score (nSPS) is 27.8. The predicted octanol–water partition coefficient (Wildman–Crippen LogP) is 4.02. The highest BCUT2D eigenvalue weighted by molar-refractivity contribution is 5.25. The molecule has 1 aliphatic rings. The molecule has 2 atom stereocenters. The summed E-state index contributed by atoms with van der Waals surface area (Å²) in [6.45, 7) is 15.1. The summed E-state index contributed by atoms with van der Waals surface area (Å²) in [5.74, 6) is 0. The van der Waals surface area contributed by atoms with E-state index in [1.807, 2.05) is 0 Å². The summed E-state index contributed by atoms with van der Waals surface area (Å²) in [6, 6.07) is 11.6. The van der Waals surface area contributed by atoms with Crippen LogP contribution in [0.2, 0.25) is 0 Å². The molecule has 1 aliphatic heterocycles. The van der Waals surface area contributed by atoms with Crippen molar-refractivity contribution >= 4 is 0 Å². The molecule has 0 saturated carbocycles. The van der Waals surface area contributed by atoms with E-state index in [4.69, 9.17) is 0 Å². The van der Waals surface area contributed by atoms with Crippen molar-refractivity contribution in [3.8, 4) is 0 Å². The van der Waals surface area contributed by atoms with Gasteiger partial charge in [0.2, 0.25) is 0 Å². The Kier molecular flexibility index (Phi) is 5.11. The fourth-order valence-electron chi connectivity index (χ4n) is 3.21. The fraction of sp³-hybridized carbons (Fsp3) is 0.684. The van der Waals surface area contributed by atoms with Gasteiger partial charge in [0.1, 0.15) is 0 Å². The second kappa shape index (κ2) is 6.50. The Morgan fingerprint density at radius 2 is 1.90 bits per heavy atom. The molecule has 2 rings (SSSR count). The summed E-state index contributed by atoms with van der Waals surface area (Å²) in [6.07, 6.45) is 2.48. The van der Waals surface area contributed by atoms with Crippen molar-refractivity contribution in [2.45, 2.75) is 59.0 Å². The van der Waals surface area contributed by atoms with Crippen molar-refractivity contribution in [1.82, 2.24) is 10.2 Å². The van der Waals surface area contributed by atoms with Gasteiger partial charge in [0.15, 0.2) is 0 Å². The first kappa shape index (κ1) is 16.5. The molecule has 0 spiro atoms. The third kappa shape index (κ3) is 4.31. The van der Waals surface area contributed by atoms with Crippen molar-refractivity contribution in [1.29, 1.82) is 0 Å². The maximum Gasteiger partial charge on any atom is 0.0535 e. The minimum Gasteiger partial charge on any atom is -0.305 e. The Morgan fingerprint density at radius 1 is 1.24 bits per heavy atom. The molecular formula is C19H32N2. The molecule has 21 heavy (non-hydrogen) atoms. The topological polar surface area (TPSA) is 15.3 Å². The molecule has 0 bridgehead atoms. The van der Waals surface area contributed by atoms with E-state index in [1.54, 1.807) is 0 Å². The number of benzene rings is 1. The monoisotopic (exact) mass is 288 g/mol. The van der Waals surface area contributed by atoms with Crippen LogP contribution in [-0.4, -0.2) is 30.6 Å². The van der Waals surface area contributed by atoms with E-state index < -0.39 is 0 Å². The molecule has 2 unspecified atom stereocenters. The lowest BCUT2D eigenvalue weighted by molar-refractivity contribution is 0.0728. The lowest BCUT2D eigenvalue weighted by Gasteiger charge is -2.47. The molecule has 0 aliphatic carbocycles. The van der Waals surface area contributed by atoms with Gasteiger partial charge in [0.05, 0.1) is 5.54 Å². The molecule has 118 valence electrons. The van der Waals surface area contributed by atoms with Crippen LogP contribution < -0.4 is 5.32 Å². The fourth-order valence-corrected chi connectivity index (χ4v) is 3.21. The summed E-state index contributed by atoms with van der Waals surface area (Å²) in [5, 5.41) is 3.80. The van der Waals surface area contributed by atoms with Crippen molar-refractivity contribution in [3.63, 3.8) is 0 Å². The molecule has 0 radical (unpaired) electrons. The van der Waals surface area contributed by atoms with E-state index in [9.17, 15) is 0 Å². The molecule has 1 fully saturated rings. The van der Waals surface area contributed by atoms with E-state index in [-0.39, 0.29) is 5.54 Å². The van der Waals surface area contributed by atoms with Gasteiger partial charge in [-0.2, -0.15) is 0 Å². The Hall–Kier alpha value is -0.860. The molecule has 2 heteroatoms. The second-order valence-corrected chi connectivity index (χ2v) is 7.92. The average molecular weight is 288 g/mol. The maximum absolute atomic E-state index is 3.80. The quantitative estimate of drug-likeness (QED) is 0.900. The molecule has 2 nitrogen and oxygen atoms in total. The Bertz CT molecular complexity index is 435. The zero-order valence-electron chi connectivity index (χ0n) is 14.4. The Labute approximate surface area is 130 Å². The van der Waals surface area contributed by atoms with Gasteiger partial charge in [0.25, 0.3) is 0 Å². The first-order valence-corrected chi connectivity index (χ1v) is 8.39. The number of nitrogens with zero attached hydrogens (tertiary/aromatic N) is 1. The van der Waals surface area contributed by atoms with Gasteiger partial charge in [-0.25, -0.2) is 0 Å². The van der Waals surface area contributed by atoms with Crippen LogP contribution in [0.25, 0.3) is 0 Å². The lowest BCUT2D eigenvalue weighted by Crippen LogP contribution is -2.61. The molecule has 0 amide bonds. The predicted molar refractivity (Wildman–Crippen MR) is 91.5 cm³/mol. The SMILES string of the molecule is CCC1CNC(C)(c2ccccc2)CN1CCC(C)(C)C. The highest BCUT2D eigenvalue weighted by Crippen LogP contribution is 2.29. The highest BCUT2D eigenvalue weighted by atomic mass is 15.2. The summed E-state index contributed by atoms with van der Waals surface area (Å²) < 4.78 is 0. The van der Waals surface area contributed by atoms with Gasteiger partial charge in [-0.15, -0.1) is 0 Å². The van der Waals surface area contributed by atoms with Gasteiger partial charge in [-0.1, -0.05) is 58.0 Å². The minimum absolute atomic E-state index is 0.0742. The van der Waals surface area contributed by atoms with E-state index in [2.05, 4.69) is 75.2 Å². The number of hydrogen-bond donors (Lipinski definition) is 1. The smallest absolute Gasteiger partial charge is 0.0535 e. The van der Waals surface area contributed by atoms with Gasteiger partial charge >= 0.3 is 0 Å². The second-order valence-electron chi connectivity index (χ2n) is 7.92. The Balaban J connectivity index is 2.11. The summed E-state index contributed by atoms with van der Waals surface area (Å²) in [5.41, 5.74) is 1.89. The third-order valence-corrected chi connectivity index (χ3v) is 4.79. The number of nitrogens with one attached hydrogen (secondary N) is 1. The summed E-state index contributed by atoms with van der Waals surface area (Å²) >= 11 is 0. The van der Waals surface area contributed by atoms with Crippen LogP contribution in [0.3, 0.4) is 0 Å². The Morgan fingerprint density at radius 3 is 2.48 bits per heavy atom.